The second-order valence-corrected chi connectivity index (χ2v) is 11.7. The number of aromatic nitrogens is 2. The van der Waals surface area contributed by atoms with Gasteiger partial charge < -0.3 is 26.5 Å². The minimum atomic E-state index is -4.08. The van der Waals surface area contributed by atoms with E-state index in [-0.39, 0.29) is 30.4 Å². The number of unbranched alkanes of at least 4 members (excludes halogenated alkanes) is 3. The first-order valence-corrected chi connectivity index (χ1v) is 15.3. The Hall–Kier alpha value is -3.93. The molecule has 11 heteroatoms. The van der Waals surface area contributed by atoms with E-state index in [1.54, 1.807) is 48.8 Å². The van der Waals surface area contributed by atoms with Crippen LogP contribution in [0.3, 0.4) is 0 Å². The molecule has 0 radical (unpaired) electrons. The average Bonchev–Trinajstić information content (AvgIpc) is 3.44. The van der Waals surface area contributed by atoms with Crippen LogP contribution < -0.4 is 20.7 Å². The van der Waals surface area contributed by atoms with E-state index in [4.69, 9.17) is 5.73 Å². The Morgan fingerprint density at radius 3 is 2.66 bits per heavy atom. The summed E-state index contributed by atoms with van der Waals surface area (Å²) in [7, 11) is -4.08. The third-order valence-corrected chi connectivity index (χ3v) is 8.73. The molecule has 4 rings (SSSR count). The lowest BCUT2D eigenvalue weighted by Crippen LogP contribution is -2.36. The number of amides is 2. The molecule has 6 N–H and O–H groups in total. The molecule has 0 aliphatic carbocycles. The number of nitrogens with one attached hydrogen (secondary N) is 3. The summed E-state index contributed by atoms with van der Waals surface area (Å²) in [6.45, 7) is 2.86. The molecular formula is C30H38N6O4S. The van der Waals surface area contributed by atoms with Gasteiger partial charge in [0, 0.05) is 49.5 Å². The number of rotatable bonds is 14. The van der Waals surface area contributed by atoms with Crippen LogP contribution in [0, 0.1) is 0 Å². The van der Waals surface area contributed by atoms with Crippen LogP contribution in [0.15, 0.2) is 78.0 Å². The van der Waals surface area contributed by atoms with Crippen LogP contribution in [0.2, 0.25) is 0 Å². The number of benzene rings is 2. The van der Waals surface area contributed by atoms with Crippen LogP contribution in [0.5, 0.6) is 0 Å². The van der Waals surface area contributed by atoms with Crippen LogP contribution in [0.1, 0.15) is 49.8 Å². The lowest BCUT2D eigenvalue weighted by Gasteiger charge is -2.26. The number of para-hydroxylation sites is 1. The summed E-state index contributed by atoms with van der Waals surface area (Å²) >= 11 is 0. The zero-order chi connectivity index (χ0) is 29.2. The van der Waals surface area contributed by atoms with Crippen molar-refractivity contribution in [1.29, 1.82) is 0 Å². The van der Waals surface area contributed by atoms with E-state index in [2.05, 4.69) is 27.5 Å². The van der Waals surface area contributed by atoms with Crippen LogP contribution >= 0.6 is 0 Å². The Kier molecular flexibility index (Phi) is 10.3. The fraction of sp³-hybridized carbons (Fsp3) is 0.333. The Morgan fingerprint density at radius 1 is 1.10 bits per heavy atom. The van der Waals surface area contributed by atoms with E-state index in [9.17, 15) is 18.3 Å². The maximum Gasteiger partial charge on any atom is 0.319 e. The topological polar surface area (TPSA) is 153 Å². The molecule has 2 amide bonds. The van der Waals surface area contributed by atoms with E-state index >= 15 is 0 Å². The number of nitrogens with two attached hydrogens (primary N) is 1. The van der Waals surface area contributed by atoms with Gasteiger partial charge in [-0.1, -0.05) is 44.4 Å². The Labute approximate surface area is 241 Å². The number of H-pyrrole nitrogens is 1. The van der Waals surface area contributed by atoms with Crippen molar-refractivity contribution < 1.29 is 18.3 Å². The minimum Gasteiger partial charge on any atom is -0.388 e. The molecule has 2 heterocycles. The van der Waals surface area contributed by atoms with Crippen LogP contribution in [-0.4, -0.2) is 49.2 Å². The highest BCUT2D eigenvalue weighted by atomic mass is 32.2. The third-order valence-electron chi connectivity index (χ3n) is 6.80. The SMILES string of the molecule is CCCCCCNC(=O)Nc1ccc(S(=O)(=O)N(CCN)c2ccccc2)c(CC(O)c2cnc3[nH]ccc3c2)c1. The summed E-state index contributed by atoms with van der Waals surface area (Å²) in [5, 5.41) is 17.7. The molecule has 0 bridgehead atoms. The Bertz CT molecular complexity index is 1540. The van der Waals surface area contributed by atoms with Gasteiger partial charge in [-0.2, -0.15) is 0 Å². The number of nitrogens with zero attached hydrogens (tertiary/aromatic N) is 2. The highest BCUT2D eigenvalue weighted by Gasteiger charge is 2.28. The van der Waals surface area contributed by atoms with E-state index < -0.39 is 16.1 Å². The molecular weight excluding hydrogens is 540 g/mol. The predicted molar refractivity (Wildman–Crippen MR) is 162 cm³/mol. The zero-order valence-corrected chi connectivity index (χ0v) is 24.0. The second-order valence-electron chi connectivity index (χ2n) is 9.87. The maximum atomic E-state index is 14.0. The zero-order valence-electron chi connectivity index (χ0n) is 23.2. The summed E-state index contributed by atoms with van der Waals surface area (Å²) < 4.78 is 29.3. The van der Waals surface area contributed by atoms with Gasteiger partial charge in [0.05, 0.1) is 16.7 Å². The molecule has 1 unspecified atom stereocenters. The number of aliphatic hydroxyl groups is 1. The molecule has 4 aromatic rings. The van der Waals surface area contributed by atoms with Gasteiger partial charge in [-0.15, -0.1) is 0 Å². The highest BCUT2D eigenvalue weighted by molar-refractivity contribution is 7.92. The number of hydrogen-bond donors (Lipinski definition) is 5. The minimum absolute atomic E-state index is 0.0222. The van der Waals surface area contributed by atoms with Crippen molar-refractivity contribution in [3.8, 4) is 0 Å². The number of sulfonamides is 1. The molecule has 0 spiro atoms. The molecule has 0 fully saturated rings. The van der Waals surface area contributed by atoms with Crippen molar-refractivity contribution in [3.05, 3.63) is 84.2 Å². The Morgan fingerprint density at radius 2 is 1.90 bits per heavy atom. The fourth-order valence-corrected chi connectivity index (χ4v) is 6.38. The Balaban J connectivity index is 1.65. The van der Waals surface area contributed by atoms with E-state index in [0.29, 0.717) is 34.7 Å². The molecule has 218 valence electrons. The number of carbonyl (C=O) groups excluding carboxylic acids is 1. The largest absolute Gasteiger partial charge is 0.388 e. The van der Waals surface area contributed by atoms with E-state index in [1.807, 2.05) is 18.2 Å². The summed E-state index contributed by atoms with van der Waals surface area (Å²) in [5.74, 6) is 0. The summed E-state index contributed by atoms with van der Waals surface area (Å²) in [6, 6.07) is 16.7. The molecule has 10 nitrogen and oxygen atoms in total. The number of aliphatic hydroxyl groups excluding tert-OH is 1. The number of hydrogen-bond acceptors (Lipinski definition) is 6. The van der Waals surface area contributed by atoms with Crippen molar-refractivity contribution in [2.24, 2.45) is 5.73 Å². The monoisotopic (exact) mass is 578 g/mol. The average molecular weight is 579 g/mol. The fourth-order valence-electron chi connectivity index (χ4n) is 4.68. The van der Waals surface area contributed by atoms with E-state index in [1.165, 1.54) is 10.4 Å². The number of anilines is 2. The second kappa shape index (κ2) is 14.1. The first-order valence-electron chi connectivity index (χ1n) is 13.9. The lowest BCUT2D eigenvalue weighted by atomic mass is 10.0. The number of carbonyl (C=O) groups is 1. The summed E-state index contributed by atoms with van der Waals surface area (Å²) in [6.07, 6.45) is 6.40. The van der Waals surface area contributed by atoms with Gasteiger partial charge in [-0.25, -0.2) is 18.2 Å². The molecule has 0 saturated carbocycles. The quantitative estimate of drug-likeness (QED) is 0.137. The first-order chi connectivity index (χ1) is 19.8. The van der Waals surface area contributed by atoms with Crippen LogP contribution in [0.25, 0.3) is 11.0 Å². The van der Waals surface area contributed by atoms with Gasteiger partial charge in [0.1, 0.15) is 5.65 Å². The van der Waals surface area contributed by atoms with Gasteiger partial charge in [-0.3, -0.25) is 4.31 Å². The first kappa shape index (κ1) is 30.0. The summed E-state index contributed by atoms with van der Waals surface area (Å²) in [4.78, 5) is 19.9. The number of fused-ring (bicyclic) bond motifs is 1. The van der Waals surface area contributed by atoms with Gasteiger partial charge in [-0.05, 0) is 60.0 Å². The van der Waals surface area contributed by atoms with Gasteiger partial charge in [0.15, 0.2) is 0 Å². The molecule has 0 aliphatic rings. The van der Waals surface area contributed by atoms with Crippen molar-refractivity contribution in [3.63, 3.8) is 0 Å². The number of aromatic amines is 1. The predicted octanol–water partition coefficient (Wildman–Crippen LogP) is 4.69. The van der Waals surface area contributed by atoms with Gasteiger partial charge in [0.25, 0.3) is 10.0 Å². The molecule has 2 aromatic carbocycles. The number of pyridine rings is 1. The highest BCUT2D eigenvalue weighted by Crippen LogP contribution is 2.31. The summed E-state index contributed by atoms with van der Waals surface area (Å²) in [5.41, 5.74) is 8.30. The van der Waals surface area contributed by atoms with Crippen molar-refractivity contribution >= 4 is 38.5 Å². The third kappa shape index (κ3) is 7.63. The number of urea groups is 1. The molecule has 2 aromatic heterocycles. The normalized spacial score (nSPS) is 12.3. The molecule has 0 saturated heterocycles. The van der Waals surface area contributed by atoms with Crippen molar-refractivity contribution in [2.45, 2.75) is 50.0 Å². The van der Waals surface area contributed by atoms with E-state index in [0.717, 1.165) is 31.1 Å². The molecule has 0 aliphatic heterocycles. The molecule has 41 heavy (non-hydrogen) atoms. The van der Waals surface area contributed by atoms with Crippen molar-refractivity contribution in [2.75, 3.05) is 29.3 Å². The maximum absolute atomic E-state index is 14.0. The van der Waals surface area contributed by atoms with Gasteiger partial charge >= 0.3 is 6.03 Å². The smallest absolute Gasteiger partial charge is 0.319 e. The van der Waals surface area contributed by atoms with Gasteiger partial charge in [0.2, 0.25) is 0 Å². The van der Waals surface area contributed by atoms with Crippen LogP contribution in [-0.2, 0) is 16.4 Å². The van der Waals surface area contributed by atoms with Crippen molar-refractivity contribution in [1.82, 2.24) is 15.3 Å². The molecule has 1 atom stereocenters. The standard InChI is InChI=1S/C30H38N6O4S/c1-2-3-4-8-15-33-30(38)35-25-11-12-28(41(39,40)36(17-14-31)26-9-6-5-7-10-26)23(19-25)20-27(37)24-18-22-13-16-32-29(22)34-21-24/h5-7,9-13,16,18-19,21,27,37H,2-4,8,14-15,17,20,31H2,1H3,(H,32,34)(H2,33,35,38). The lowest BCUT2D eigenvalue weighted by molar-refractivity contribution is 0.177. The van der Waals surface area contributed by atoms with Crippen LogP contribution in [0.4, 0.5) is 16.2 Å².